The van der Waals surface area contributed by atoms with Crippen molar-refractivity contribution in [2.45, 2.75) is 52.4 Å². The molecule has 0 amide bonds. The summed E-state index contributed by atoms with van der Waals surface area (Å²) in [7, 11) is -4.33. The molecule has 0 saturated carbocycles. The third-order valence-corrected chi connectivity index (χ3v) is 7.86. The van der Waals surface area contributed by atoms with Crippen molar-refractivity contribution in [2.24, 2.45) is 5.41 Å². The Morgan fingerprint density at radius 3 is 2.48 bits per heavy atom. The largest absolute Gasteiger partial charge is 1.00 e. The SMILES string of the molecule is CC1(C)CC(=O)C(c2ccncc2)=C2Oc3cc(N(CCCCCC(=O)O)CCCS(=O)(=O)[O-])ccc3C=C21.[Na+]. The fraction of sp³-hybridized carbons (Fsp3) is 0.414. The van der Waals surface area contributed by atoms with E-state index in [2.05, 4.69) is 11.1 Å². The Balaban J connectivity index is 0.00000441. The van der Waals surface area contributed by atoms with E-state index >= 15 is 0 Å². The molecule has 11 heteroatoms. The molecule has 0 unspecified atom stereocenters. The van der Waals surface area contributed by atoms with Crippen molar-refractivity contribution in [3.05, 3.63) is 65.2 Å². The average Bonchev–Trinajstić information content (AvgIpc) is 2.86. The van der Waals surface area contributed by atoms with Crippen LogP contribution in [0.2, 0.25) is 0 Å². The third-order valence-electron chi connectivity index (χ3n) is 7.07. The molecule has 40 heavy (non-hydrogen) atoms. The molecule has 1 N–H and O–H groups in total. The van der Waals surface area contributed by atoms with Crippen molar-refractivity contribution in [3.8, 4) is 5.75 Å². The summed E-state index contributed by atoms with van der Waals surface area (Å²) in [5.74, 6) is -0.188. The van der Waals surface area contributed by atoms with Gasteiger partial charge in [0.2, 0.25) is 0 Å². The second kappa shape index (κ2) is 13.4. The van der Waals surface area contributed by atoms with Gasteiger partial charge in [-0.3, -0.25) is 14.6 Å². The number of benzene rings is 1. The number of carbonyl (C=O) groups excluding carboxylic acids is 1. The molecule has 0 saturated heterocycles. The van der Waals surface area contributed by atoms with Crippen LogP contribution in [0.15, 0.2) is 54.1 Å². The van der Waals surface area contributed by atoms with E-state index in [9.17, 15) is 22.6 Å². The first kappa shape index (κ1) is 32.0. The van der Waals surface area contributed by atoms with Crippen LogP contribution >= 0.6 is 0 Å². The minimum atomic E-state index is -4.33. The van der Waals surface area contributed by atoms with Crippen molar-refractivity contribution in [2.75, 3.05) is 23.7 Å². The number of carboxylic acid groups (broad SMARTS) is 1. The van der Waals surface area contributed by atoms with Crippen molar-refractivity contribution in [3.63, 3.8) is 0 Å². The number of aromatic nitrogens is 1. The first-order valence-electron chi connectivity index (χ1n) is 13.1. The minimum Gasteiger partial charge on any atom is -0.748 e. The summed E-state index contributed by atoms with van der Waals surface area (Å²) < 4.78 is 40.0. The summed E-state index contributed by atoms with van der Waals surface area (Å²) in [5.41, 5.74) is 3.47. The van der Waals surface area contributed by atoms with Gasteiger partial charge in [0.15, 0.2) is 5.78 Å². The van der Waals surface area contributed by atoms with E-state index in [1.54, 1.807) is 24.5 Å². The number of rotatable bonds is 12. The van der Waals surface area contributed by atoms with E-state index in [4.69, 9.17) is 9.84 Å². The van der Waals surface area contributed by atoms with Crippen LogP contribution in [-0.2, 0) is 19.7 Å². The fourth-order valence-corrected chi connectivity index (χ4v) is 5.56. The van der Waals surface area contributed by atoms with Gasteiger partial charge < -0.3 is 19.3 Å². The van der Waals surface area contributed by atoms with Crippen molar-refractivity contribution < 1.29 is 62.0 Å². The zero-order valence-electron chi connectivity index (χ0n) is 23.2. The van der Waals surface area contributed by atoms with Crippen LogP contribution in [-0.4, -0.2) is 53.7 Å². The zero-order valence-corrected chi connectivity index (χ0v) is 26.0. The van der Waals surface area contributed by atoms with E-state index in [-0.39, 0.29) is 48.2 Å². The molecule has 0 spiro atoms. The molecule has 1 aromatic carbocycles. The van der Waals surface area contributed by atoms with Crippen molar-refractivity contribution >= 4 is 39.2 Å². The van der Waals surface area contributed by atoms with E-state index < -0.39 is 27.3 Å². The number of carbonyl (C=O) groups is 2. The molecular formula is C29H33N2NaO7S. The van der Waals surface area contributed by atoms with Crippen LogP contribution in [0, 0.1) is 5.41 Å². The fourth-order valence-electron chi connectivity index (χ4n) is 5.08. The topological polar surface area (TPSA) is 137 Å². The summed E-state index contributed by atoms with van der Waals surface area (Å²) >= 11 is 0. The molecule has 1 aromatic heterocycles. The molecular weight excluding hydrogens is 543 g/mol. The summed E-state index contributed by atoms with van der Waals surface area (Å²) in [4.78, 5) is 30.1. The molecule has 0 fully saturated rings. The molecule has 208 valence electrons. The molecule has 4 rings (SSSR count). The number of ether oxygens (including phenoxy) is 1. The predicted molar refractivity (Wildman–Crippen MR) is 147 cm³/mol. The van der Waals surface area contributed by atoms with Crippen molar-refractivity contribution in [1.82, 2.24) is 4.98 Å². The van der Waals surface area contributed by atoms with Gasteiger partial charge in [0.1, 0.15) is 11.5 Å². The van der Waals surface area contributed by atoms with E-state index in [0.29, 0.717) is 55.9 Å². The van der Waals surface area contributed by atoms with Gasteiger partial charge in [-0.05, 0) is 55.2 Å². The number of aliphatic carboxylic acids is 1. The predicted octanol–water partition coefficient (Wildman–Crippen LogP) is 1.66. The molecule has 0 atom stereocenters. The Labute approximate surface area is 257 Å². The Morgan fingerprint density at radius 1 is 1.10 bits per heavy atom. The molecule has 1 aliphatic heterocycles. The Morgan fingerprint density at radius 2 is 1.80 bits per heavy atom. The minimum absolute atomic E-state index is 0. The summed E-state index contributed by atoms with van der Waals surface area (Å²) in [6, 6.07) is 9.33. The van der Waals surface area contributed by atoms with Crippen molar-refractivity contribution in [1.29, 1.82) is 0 Å². The number of Topliss-reactive ketones (excluding diaryl/α,β-unsaturated/α-hetero) is 1. The summed E-state index contributed by atoms with van der Waals surface area (Å²) in [5, 5.41) is 8.88. The zero-order chi connectivity index (χ0) is 28.2. The average molecular weight is 577 g/mol. The Hall–Kier alpha value is -2.50. The van der Waals surface area contributed by atoms with Crippen LogP contribution in [0.4, 0.5) is 5.69 Å². The van der Waals surface area contributed by atoms with Gasteiger partial charge in [-0.1, -0.05) is 20.3 Å². The molecule has 1 aliphatic carbocycles. The maximum absolute atomic E-state index is 13.3. The second-order valence-electron chi connectivity index (χ2n) is 10.6. The smallest absolute Gasteiger partial charge is 0.748 e. The van der Waals surface area contributed by atoms with Gasteiger partial charge >= 0.3 is 35.5 Å². The van der Waals surface area contributed by atoms with Crippen LogP contribution in [0.25, 0.3) is 11.6 Å². The van der Waals surface area contributed by atoms with E-state index in [1.807, 2.05) is 36.9 Å². The molecule has 0 bridgehead atoms. The first-order valence-corrected chi connectivity index (χ1v) is 14.6. The summed E-state index contributed by atoms with van der Waals surface area (Å²) in [6.07, 6.45) is 7.93. The van der Waals surface area contributed by atoms with Gasteiger partial charge in [-0.2, -0.15) is 0 Å². The number of unbranched alkanes of at least 4 members (excludes halogenated alkanes) is 2. The van der Waals surface area contributed by atoms with Gasteiger partial charge in [0.25, 0.3) is 0 Å². The Kier molecular flexibility index (Phi) is 10.8. The maximum atomic E-state index is 13.3. The number of fused-ring (bicyclic) bond motifs is 2. The number of nitrogens with zero attached hydrogens (tertiary/aromatic N) is 2. The number of ketones is 1. The number of hydrogen-bond acceptors (Lipinski definition) is 8. The monoisotopic (exact) mass is 576 g/mol. The van der Waals surface area contributed by atoms with E-state index in [1.165, 1.54) is 0 Å². The molecule has 2 aromatic rings. The van der Waals surface area contributed by atoms with Crippen LogP contribution < -0.4 is 39.2 Å². The number of hydrogen-bond donors (Lipinski definition) is 1. The van der Waals surface area contributed by atoms with Gasteiger partial charge in [0.05, 0.1) is 15.7 Å². The first-order chi connectivity index (χ1) is 18.4. The normalized spacial score (nSPS) is 15.8. The van der Waals surface area contributed by atoms with Gasteiger partial charge in [-0.15, -0.1) is 0 Å². The Bertz CT molecular complexity index is 1420. The van der Waals surface area contributed by atoms with Crippen LogP contribution in [0.3, 0.4) is 0 Å². The standard InChI is InChI=1S/C29H34N2O7S.Na/c1-29(2)19-24(32)27(20-10-12-30-13-11-20)28-23(29)17-21-8-9-22(18-25(21)38-28)31(15-6-16-39(35,36)37)14-5-3-4-7-26(33)34;/h8-13,17-18H,3-7,14-16,19H2,1-2H3,(H,33,34)(H,35,36,37);/q;+1/p-1. The van der Waals surface area contributed by atoms with Gasteiger partial charge in [0, 0.05) is 72.4 Å². The number of pyridine rings is 1. The van der Waals surface area contributed by atoms with Crippen LogP contribution in [0.5, 0.6) is 5.75 Å². The molecule has 2 aliphatic rings. The number of allylic oxidation sites excluding steroid dienone is 2. The molecule has 9 nitrogen and oxygen atoms in total. The second-order valence-corrected chi connectivity index (χ2v) is 12.1. The van der Waals surface area contributed by atoms with Gasteiger partial charge in [-0.25, -0.2) is 8.42 Å². The number of carboxylic acids is 1. The molecule has 2 heterocycles. The van der Waals surface area contributed by atoms with E-state index in [0.717, 1.165) is 22.4 Å². The molecule has 0 radical (unpaired) electrons. The van der Waals surface area contributed by atoms with Crippen LogP contribution in [0.1, 0.15) is 63.5 Å². The number of anilines is 1. The third kappa shape index (κ3) is 8.04. The summed E-state index contributed by atoms with van der Waals surface area (Å²) in [6.45, 7) is 4.96. The quantitative estimate of drug-likeness (QED) is 0.227. The maximum Gasteiger partial charge on any atom is 1.00 e.